The molecule has 1 saturated heterocycles. The van der Waals surface area contributed by atoms with E-state index in [0.717, 1.165) is 31.6 Å². The van der Waals surface area contributed by atoms with Gasteiger partial charge in [0.2, 0.25) is 0 Å². The van der Waals surface area contributed by atoms with Crippen LogP contribution in [-0.2, 0) is 6.54 Å². The summed E-state index contributed by atoms with van der Waals surface area (Å²) in [5.74, 6) is 1.23. The molecule has 0 saturated carbocycles. The van der Waals surface area contributed by atoms with Crippen molar-refractivity contribution in [2.75, 3.05) is 18.4 Å². The molecule has 0 radical (unpaired) electrons. The molecule has 0 unspecified atom stereocenters. The van der Waals surface area contributed by atoms with Crippen LogP contribution in [0, 0.1) is 6.92 Å². The van der Waals surface area contributed by atoms with E-state index in [1.54, 1.807) is 19.2 Å². The summed E-state index contributed by atoms with van der Waals surface area (Å²) in [5, 5.41) is 3.20. The molecule has 1 fully saturated rings. The third kappa shape index (κ3) is 3.39. The van der Waals surface area contributed by atoms with Crippen molar-refractivity contribution in [3.05, 3.63) is 47.7 Å². The molecule has 0 atom stereocenters. The highest BCUT2D eigenvalue weighted by molar-refractivity contribution is 5.93. The molecule has 0 bridgehead atoms. The van der Waals surface area contributed by atoms with Crippen LogP contribution < -0.4 is 5.32 Å². The summed E-state index contributed by atoms with van der Waals surface area (Å²) in [6, 6.07) is 7.48. The summed E-state index contributed by atoms with van der Waals surface area (Å²) < 4.78 is 0. The molecule has 3 rings (SSSR count). The van der Waals surface area contributed by atoms with Gasteiger partial charge >= 0.3 is 0 Å². The first-order valence-corrected chi connectivity index (χ1v) is 7.51. The third-order valence-corrected chi connectivity index (χ3v) is 3.63. The minimum atomic E-state index is -0.0103. The molecule has 1 aliphatic rings. The summed E-state index contributed by atoms with van der Waals surface area (Å²) in [7, 11) is 0. The molecule has 0 aliphatic carbocycles. The smallest absolute Gasteiger partial charge is 0.272 e. The lowest BCUT2D eigenvalue weighted by molar-refractivity contribution is 0.0786. The van der Waals surface area contributed by atoms with Crippen molar-refractivity contribution in [1.29, 1.82) is 0 Å². The summed E-state index contributed by atoms with van der Waals surface area (Å²) in [5.41, 5.74) is 1.38. The Bertz CT molecular complexity index is 653. The minimum absolute atomic E-state index is 0.0103. The maximum Gasteiger partial charge on any atom is 0.272 e. The maximum atomic E-state index is 12.4. The Morgan fingerprint density at radius 2 is 2.09 bits per heavy atom. The predicted octanol–water partition coefficient (Wildman–Crippen LogP) is 2.03. The molecule has 2 aromatic heterocycles. The Hall–Kier alpha value is -2.50. The number of carbonyl (C=O) groups is 1. The van der Waals surface area contributed by atoms with E-state index in [1.165, 1.54) is 0 Å². The van der Waals surface area contributed by atoms with Crippen molar-refractivity contribution >= 4 is 11.7 Å². The fraction of sp³-hybridized carbons (Fsp3) is 0.375. The van der Waals surface area contributed by atoms with E-state index in [0.29, 0.717) is 23.9 Å². The number of nitrogens with one attached hydrogen (secondary N) is 1. The van der Waals surface area contributed by atoms with Gasteiger partial charge in [0.1, 0.15) is 17.3 Å². The number of rotatable bonds is 4. The third-order valence-electron chi connectivity index (χ3n) is 3.63. The largest absolute Gasteiger partial charge is 0.364 e. The highest BCUT2D eigenvalue weighted by Gasteiger charge is 2.21. The van der Waals surface area contributed by atoms with Crippen LogP contribution in [-0.4, -0.2) is 38.8 Å². The lowest BCUT2D eigenvalue weighted by atomic mass is 10.3. The number of aryl methyl sites for hydroxylation is 1. The van der Waals surface area contributed by atoms with E-state index in [2.05, 4.69) is 20.3 Å². The van der Waals surface area contributed by atoms with E-state index in [-0.39, 0.29) is 5.91 Å². The molecule has 0 spiro atoms. The predicted molar refractivity (Wildman–Crippen MR) is 83.5 cm³/mol. The Kier molecular flexibility index (Phi) is 4.27. The molecule has 22 heavy (non-hydrogen) atoms. The molecule has 114 valence electrons. The zero-order valence-electron chi connectivity index (χ0n) is 12.6. The highest BCUT2D eigenvalue weighted by atomic mass is 16.2. The van der Waals surface area contributed by atoms with Gasteiger partial charge in [-0.3, -0.25) is 9.78 Å². The lowest BCUT2D eigenvalue weighted by Gasteiger charge is -2.15. The van der Waals surface area contributed by atoms with Gasteiger partial charge in [0, 0.05) is 25.4 Å². The number of carbonyl (C=O) groups excluding carboxylic acids is 1. The van der Waals surface area contributed by atoms with Gasteiger partial charge in [-0.05, 0) is 31.9 Å². The monoisotopic (exact) mass is 297 g/mol. The van der Waals surface area contributed by atoms with Crippen molar-refractivity contribution < 1.29 is 4.79 Å². The number of likely N-dealkylation sites (tertiary alicyclic amines) is 1. The Morgan fingerprint density at radius 3 is 2.82 bits per heavy atom. The van der Waals surface area contributed by atoms with Crippen LogP contribution >= 0.6 is 0 Å². The van der Waals surface area contributed by atoms with E-state index in [4.69, 9.17) is 0 Å². The quantitative estimate of drug-likeness (QED) is 0.935. The Balaban J connectivity index is 1.73. The van der Waals surface area contributed by atoms with Crippen LogP contribution in [0.15, 0.2) is 30.5 Å². The van der Waals surface area contributed by atoms with Gasteiger partial charge in [0.15, 0.2) is 0 Å². The first-order chi connectivity index (χ1) is 10.7. The van der Waals surface area contributed by atoms with Gasteiger partial charge in [-0.15, -0.1) is 0 Å². The normalized spacial score (nSPS) is 14.1. The number of amides is 1. The maximum absolute atomic E-state index is 12.4. The molecule has 1 N–H and O–H groups in total. The van der Waals surface area contributed by atoms with E-state index < -0.39 is 0 Å². The highest BCUT2D eigenvalue weighted by Crippen LogP contribution is 2.14. The van der Waals surface area contributed by atoms with E-state index in [9.17, 15) is 4.79 Å². The number of pyridine rings is 1. The lowest BCUT2D eigenvalue weighted by Crippen LogP contribution is -2.28. The second-order valence-corrected chi connectivity index (χ2v) is 5.36. The number of nitrogens with zero attached hydrogens (tertiary/aromatic N) is 4. The molecule has 2 aromatic rings. The van der Waals surface area contributed by atoms with Gasteiger partial charge in [-0.25, -0.2) is 9.97 Å². The van der Waals surface area contributed by atoms with Crippen molar-refractivity contribution in [2.24, 2.45) is 0 Å². The van der Waals surface area contributed by atoms with Crippen LogP contribution in [0.4, 0.5) is 5.82 Å². The van der Waals surface area contributed by atoms with Gasteiger partial charge in [0.25, 0.3) is 5.91 Å². The molecule has 6 nitrogen and oxygen atoms in total. The van der Waals surface area contributed by atoms with Crippen LogP contribution in [0.3, 0.4) is 0 Å². The Labute approximate surface area is 129 Å². The second-order valence-electron chi connectivity index (χ2n) is 5.36. The van der Waals surface area contributed by atoms with Crippen molar-refractivity contribution in [2.45, 2.75) is 26.3 Å². The summed E-state index contributed by atoms with van der Waals surface area (Å²) in [4.78, 5) is 27.1. The SMILES string of the molecule is Cc1nc(NCc2ccccn2)cc(C(=O)N2CCCC2)n1. The van der Waals surface area contributed by atoms with Crippen molar-refractivity contribution in [1.82, 2.24) is 19.9 Å². The molecule has 0 aromatic carbocycles. The average Bonchev–Trinajstić information content (AvgIpc) is 3.07. The van der Waals surface area contributed by atoms with Crippen LogP contribution in [0.25, 0.3) is 0 Å². The minimum Gasteiger partial charge on any atom is -0.364 e. The molecule has 3 heterocycles. The molecule has 6 heteroatoms. The molecular weight excluding hydrogens is 278 g/mol. The molecule has 1 amide bonds. The summed E-state index contributed by atoms with van der Waals surface area (Å²) >= 11 is 0. The molecular formula is C16H19N5O. The number of aromatic nitrogens is 3. The standard InChI is InChI=1S/C16H19N5O/c1-12-19-14(16(22)21-8-4-5-9-21)10-15(20-12)18-11-13-6-2-3-7-17-13/h2-3,6-7,10H,4-5,8-9,11H2,1H3,(H,18,19,20). The topological polar surface area (TPSA) is 71.0 Å². The van der Waals surface area contributed by atoms with E-state index >= 15 is 0 Å². The zero-order valence-corrected chi connectivity index (χ0v) is 12.6. The first kappa shape index (κ1) is 14.4. The fourth-order valence-electron chi connectivity index (χ4n) is 2.53. The number of hydrogen-bond donors (Lipinski definition) is 1. The molecule has 1 aliphatic heterocycles. The van der Waals surface area contributed by atoms with Crippen LogP contribution in [0.1, 0.15) is 34.8 Å². The van der Waals surface area contributed by atoms with Gasteiger partial charge in [0.05, 0.1) is 12.2 Å². The second kappa shape index (κ2) is 6.51. The van der Waals surface area contributed by atoms with Crippen molar-refractivity contribution in [3.63, 3.8) is 0 Å². The summed E-state index contributed by atoms with van der Waals surface area (Å²) in [6.07, 6.45) is 3.89. The van der Waals surface area contributed by atoms with Crippen LogP contribution in [0.5, 0.6) is 0 Å². The Morgan fingerprint density at radius 1 is 1.27 bits per heavy atom. The van der Waals surface area contributed by atoms with Gasteiger partial charge < -0.3 is 10.2 Å². The zero-order chi connectivity index (χ0) is 15.4. The van der Waals surface area contributed by atoms with E-state index in [1.807, 2.05) is 23.1 Å². The average molecular weight is 297 g/mol. The number of hydrogen-bond acceptors (Lipinski definition) is 5. The van der Waals surface area contributed by atoms with Gasteiger partial charge in [-0.2, -0.15) is 0 Å². The van der Waals surface area contributed by atoms with Crippen LogP contribution in [0.2, 0.25) is 0 Å². The van der Waals surface area contributed by atoms with Gasteiger partial charge in [-0.1, -0.05) is 6.07 Å². The summed E-state index contributed by atoms with van der Waals surface area (Å²) in [6.45, 7) is 4.00. The number of anilines is 1. The fourth-order valence-corrected chi connectivity index (χ4v) is 2.53. The first-order valence-electron chi connectivity index (χ1n) is 7.51. The van der Waals surface area contributed by atoms with Crippen molar-refractivity contribution in [3.8, 4) is 0 Å².